The van der Waals surface area contributed by atoms with Crippen LogP contribution < -0.4 is 15.4 Å². The van der Waals surface area contributed by atoms with Gasteiger partial charge in [0.25, 0.3) is 5.91 Å². The van der Waals surface area contributed by atoms with Crippen LogP contribution in [0.15, 0.2) is 53.7 Å². The number of nitrogens with zero attached hydrogens (tertiary/aromatic N) is 4. The Balaban J connectivity index is 1.76. The summed E-state index contributed by atoms with van der Waals surface area (Å²) in [6.45, 7) is 0.0736. The summed E-state index contributed by atoms with van der Waals surface area (Å²) >= 11 is 0. The molecule has 1 amide bonds. The van der Waals surface area contributed by atoms with E-state index in [1.807, 2.05) is 0 Å². The van der Waals surface area contributed by atoms with Crippen molar-refractivity contribution in [2.45, 2.75) is 12.6 Å². The Morgan fingerprint density at radius 1 is 1.06 bits per heavy atom. The highest BCUT2D eigenvalue weighted by atomic mass is 19.4. The summed E-state index contributed by atoms with van der Waals surface area (Å²) in [5.74, 6) is 0.102. The molecule has 0 bridgehead atoms. The van der Waals surface area contributed by atoms with Crippen LogP contribution in [0.4, 0.5) is 18.9 Å². The number of nitrogens with two attached hydrogens (primary N) is 1. The second-order valence-electron chi connectivity index (χ2n) is 7.20. The molecule has 0 aliphatic carbocycles. The first-order valence-electron chi connectivity index (χ1n) is 9.87. The van der Waals surface area contributed by atoms with Gasteiger partial charge in [0.1, 0.15) is 18.6 Å². The van der Waals surface area contributed by atoms with Gasteiger partial charge in [0.15, 0.2) is 11.5 Å². The van der Waals surface area contributed by atoms with E-state index < -0.39 is 17.8 Å². The predicted octanol–water partition coefficient (Wildman–Crippen LogP) is 3.37. The van der Waals surface area contributed by atoms with Crippen LogP contribution in [-0.4, -0.2) is 42.3 Å². The van der Waals surface area contributed by atoms with Gasteiger partial charge in [-0.1, -0.05) is 5.16 Å². The van der Waals surface area contributed by atoms with Crippen LogP contribution >= 0.6 is 0 Å². The SMILES string of the molecule is CON=C(N)c1ccc(N2CCc3c(C(F)(F)F)nn(-c4ccc(OC)cc4)c3C2=O)cc1. The lowest BCUT2D eigenvalue weighted by Crippen LogP contribution is -2.39. The molecule has 0 atom stereocenters. The van der Waals surface area contributed by atoms with Gasteiger partial charge in [-0.3, -0.25) is 4.79 Å². The Labute approximate surface area is 187 Å². The van der Waals surface area contributed by atoms with Crippen molar-refractivity contribution in [3.8, 4) is 11.4 Å². The molecule has 2 heterocycles. The second-order valence-corrected chi connectivity index (χ2v) is 7.20. The van der Waals surface area contributed by atoms with Crippen molar-refractivity contribution >= 4 is 17.4 Å². The van der Waals surface area contributed by atoms with Gasteiger partial charge < -0.3 is 20.2 Å². The monoisotopic (exact) mass is 459 g/mol. The van der Waals surface area contributed by atoms with Gasteiger partial charge in [-0.2, -0.15) is 18.3 Å². The molecule has 0 spiro atoms. The fourth-order valence-electron chi connectivity index (χ4n) is 3.71. The van der Waals surface area contributed by atoms with Crippen molar-refractivity contribution in [2.75, 3.05) is 25.7 Å². The van der Waals surface area contributed by atoms with Gasteiger partial charge >= 0.3 is 6.18 Å². The fourth-order valence-corrected chi connectivity index (χ4v) is 3.71. The molecule has 11 heteroatoms. The first-order valence-corrected chi connectivity index (χ1v) is 9.87. The highest BCUT2D eigenvalue weighted by molar-refractivity contribution is 6.08. The zero-order valence-electron chi connectivity index (χ0n) is 17.8. The molecule has 2 aromatic carbocycles. The fraction of sp³-hybridized carbons (Fsp3) is 0.227. The van der Waals surface area contributed by atoms with Crippen molar-refractivity contribution in [3.05, 3.63) is 71.0 Å². The predicted molar refractivity (Wildman–Crippen MR) is 115 cm³/mol. The number of fused-ring (bicyclic) bond motifs is 1. The van der Waals surface area contributed by atoms with Crippen molar-refractivity contribution in [2.24, 2.45) is 10.9 Å². The number of aromatic nitrogens is 2. The molecule has 33 heavy (non-hydrogen) atoms. The van der Waals surface area contributed by atoms with Crippen molar-refractivity contribution in [3.63, 3.8) is 0 Å². The highest BCUT2D eigenvalue weighted by Gasteiger charge is 2.43. The van der Waals surface area contributed by atoms with Crippen LogP contribution in [0.3, 0.4) is 0 Å². The molecule has 1 aromatic heterocycles. The molecule has 0 radical (unpaired) electrons. The van der Waals surface area contributed by atoms with Gasteiger partial charge in [-0.05, 0) is 55.0 Å². The van der Waals surface area contributed by atoms with Gasteiger partial charge in [-0.25, -0.2) is 4.68 Å². The zero-order chi connectivity index (χ0) is 23.8. The third-order valence-corrected chi connectivity index (χ3v) is 5.27. The summed E-state index contributed by atoms with van der Waals surface area (Å²) in [5.41, 5.74) is 5.90. The molecule has 8 nitrogen and oxygen atoms in total. The number of oxime groups is 1. The lowest BCUT2D eigenvalue weighted by Gasteiger charge is -2.28. The summed E-state index contributed by atoms with van der Waals surface area (Å²) in [4.78, 5) is 19.5. The van der Waals surface area contributed by atoms with E-state index in [-0.39, 0.29) is 30.1 Å². The molecule has 3 aromatic rings. The lowest BCUT2D eigenvalue weighted by atomic mass is 10.0. The van der Waals surface area contributed by atoms with Crippen LogP contribution in [0.1, 0.15) is 27.3 Å². The molecule has 4 rings (SSSR count). The van der Waals surface area contributed by atoms with E-state index >= 15 is 0 Å². The maximum atomic E-state index is 13.7. The average molecular weight is 459 g/mol. The van der Waals surface area contributed by atoms with Crippen LogP contribution in [0.25, 0.3) is 5.69 Å². The summed E-state index contributed by atoms with van der Waals surface area (Å²) in [6.07, 6.45) is -4.69. The van der Waals surface area contributed by atoms with Crippen LogP contribution in [-0.2, 0) is 17.4 Å². The Hall–Kier alpha value is -4.02. The minimum absolute atomic E-state index is 0.00109. The summed E-state index contributed by atoms with van der Waals surface area (Å²) in [6, 6.07) is 12.9. The van der Waals surface area contributed by atoms with Crippen LogP contribution in [0, 0.1) is 0 Å². The van der Waals surface area contributed by atoms with E-state index in [4.69, 9.17) is 10.5 Å². The molecule has 0 fully saturated rings. The van der Waals surface area contributed by atoms with Crippen LogP contribution in [0.2, 0.25) is 0 Å². The number of hydrogen-bond donors (Lipinski definition) is 1. The average Bonchev–Trinajstić information content (AvgIpc) is 3.21. The molecule has 1 aliphatic rings. The molecule has 1 aliphatic heterocycles. The molecule has 0 unspecified atom stereocenters. The number of amidine groups is 1. The van der Waals surface area contributed by atoms with Gasteiger partial charge in [0.2, 0.25) is 0 Å². The van der Waals surface area contributed by atoms with E-state index in [1.165, 1.54) is 19.1 Å². The maximum Gasteiger partial charge on any atom is 0.435 e. The number of anilines is 1. The van der Waals surface area contributed by atoms with E-state index in [0.717, 1.165) is 4.68 Å². The molecular formula is C22H20F3N5O3. The smallest absolute Gasteiger partial charge is 0.435 e. The number of carbonyl (C=O) groups is 1. The highest BCUT2D eigenvalue weighted by Crippen LogP contribution is 2.37. The van der Waals surface area contributed by atoms with E-state index in [1.54, 1.807) is 48.5 Å². The standard InChI is InChI=1S/C22H20F3N5O3/c1-32-16-9-7-15(8-10-16)30-18-17(19(27-30)22(23,24)25)11-12-29(21(18)31)14-5-3-13(4-6-14)20(26)28-33-2/h3-10H,11-12H2,1-2H3,(H2,26,28). The van der Waals surface area contributed by atoms with Crippen molar-refractivity contribution in [1.29, 1.82) is 0 Å². The van der Waals surface area contributed by atoms with Gasteiger partial charge in [0.05, 0.1) is 12.8 Å². The van der Waals surface area contributed by atoms with Gasteiger partial charge in [-0.15, -0.1) is 0 Å². The maximum absolute atomic E-state index is 13.7. The number of alkyl halides is 3. The number of amides is 1. The van der Waals surface area contributed by atoms with Crippen molar-refractivity contribution < 1.29 is 27.5 Å². The lowest BCUT2D eigenvalue weighted by molar-refractivity contribution is -0.141. The molecule has 0 saturated carbocycles. The summed E-state index contributed by atoms with van der Waals surface area (Å²) in [7, 11) is 2.85. The Kier molecular flexibility index (Phi) is 5.71. The van der Waals surface area contributed by atoms with E-state index in [2.05, 4.69) is 15.1 Å². The molecule has 0 saturated heterocycles. The molecule has 2 N–H and O–H groups in total. The number of halogens is 3. The minimum atomic E-state index is -4.69. The first kappa shape index (κ1) is 22.2. The minimum Gasteiger partial charge on any atom is -0.497 e. The Morgan fingerprint density at radius 2 is 1.70 bits per heavy atom. The topological polar surface area (TPSA) is 95.0 Å². The van der Waals surface area contributed by atoms with Crippen molar-refractivity contribution in [1.82, 2.24) is 9.78 Å². The number of ether oxygens (including phenoxy) is 1. The number of carbonyl (C=O) groups excluding carboxylic acids is 1. The molecule has 172 valence electrons. The third kappa shape index (κ3) is 4.09. The quantitative estimate of drug-likeness (QED) is 0.359. The van der Waals surface area contributed by atoms with E-state index in [9.17, 15) is 18.0 Å². The first-order chi connectivity index (χ1) is 15.7. The number of hydrogen-bond acceptors (Lipinski definition) is 5. The Bertz CT molecular complexity index is 1200. The van der Waals surface area contributed by atoms with Crippen LogP contribution in [0.5, 0.6) is 5.75 Å². The third-order valence-electron chi connectivity index (χ3n) is 5.27. The van der Waals surface area contributed by atoms with E-state index in [0.29, 0.717) is 22.7 Å². The zero-order valence-corrected chi connectivity index (χ0v) is 17.8. The number of benzene rings is 2. The second kappa shape index (κ2) is 8.49. The normalized spacial score (nSPS) is 14.3. The summed E-state index contributed by atoms with van der Waals surface area (Å²) < 4.78 is 47.2. The molecular weight excluding hydrogens is 439 g/mol. The Morgan fingerprint density at radius 3 is 2.27 bits per heavy atom. The number of methoxy groups -OCH3 is 1. The van der Waals surface area contributed by atoms with Gasteiger partial charge in [0, 0.05) is 23.4 Å². The summed E-state index contributed by atoms with van der Waals surface area (Å²) in [5, 5.41) is 7.43. The largest absolute Gasteiger partial charge is 0.497 e. The number of rotatable bonds is 5.